The lowest BCUT2D eigenvalue weighted by Gasteiger charge is -2.02. The number of nitrogens with one attached hydrogen (secondary N) is 1. The fraction of sp³-hybridized carbons (Fsp3) is 0. The molecule has 0 fully saturated rings. The molecule has 0 spiro atoms. The number of para-hydroxylation sites is 1. The van der Waals surface area contributed by atoms with Crippen LogP contribution < -0.4 is 11.2 Å². The molecule has 5 nitrogen and oxygen atoms in total. The molecule has 6 heteroatoms. The normalized spacial score (nSPS) is 10.9. The van der Waals surface area contributed by atoms with Gasteiger partial charge in [-0.25, -0.2) is 5.43 Å². The first kappa shape index (κ1) is 15.8. The molecule has 2 aromatic carbocycles. The van der Waals surface area contributed by atoms with Crippen molar-refractivity contribution in [3.8, 4) is 11.3 Å². The molecule has 120 valence electrons. The summed E-state index contributed by atoms with van der Waals surface area (Å²) in [5.74, 6) is 0.787. The molecule has 3 aromatic rings. The maximum atomic E-state index is 12.0. The first-order valence-electron chi connectivity index (χ1n) is 7.17. The van der Waals surface area contributed by atoms with Gasteiger partial charge in [-0.2, -0.15) is 5.10 Å². The zero-order valence-corrected chi connectivity index (χ0v) is 13.3. The van der Waals surface area contributed by atoms with E-state index in [2.05, 4.69) is 10.5 Å². The summed E-state index contributed by atoms with van der Waals surface area (Å²) in [6.07, 6.45) is 1.42. The Kier molecular flexibility index (Phi) is 4.63. The minimum absolute atomic E-state index is 0.369. The van der Waals surface area contributed by atoms with Crippen molar-refractivity contribution in [1.29, 1.82) is 0 Å². The lowest BCUT2D eigenvalue weighted by molar-refractivity contribution is 0.0956. The second-order valence-corrected chi connectivity index (χ2v) is 5.44. The molecule has 0 radical (unpaired) electrons. The Labute approximate surface area is 143 Å². The fourth-order valence-corrected chi connectivity index (χ4v) is 2.33. The third-order valence-corrected chi connectivity index (χ3v) is 3.53. The highest BCUT2D eigenvalue weighted by Crippen LogP contribution is 2.24. The van der Waals surface area contributed by atoms with Gasteiger partial charge in [0.25, 0.3) is 5.91 Å². The second kappa shape index (κ2) is 7.02. The molecule has 1 amide bonds. The number of nitrogen functional groups attached to an aromatic ring is 1. The number of benzene rings is 2. The molecular formula is C18H14ClN3O2. The minimum atomic E-state index is -0.383. The van der Waals surface area contributed by atoms with E-state index in [0.717, 1.165) is 5.56 Å². The first-order valence-corrected chi connectivity index (χ1v) is 7.55. The molecule has 0 saturated heterocycles. The van der Waals surface area contributed by atoms with E-state index in [1.807, 2.05) is 18.2 Å². The Hall–Kier alpha value is -3.05. The number of rotatable bonds is 4. The monoisotopic (exact) mass is 339 g/mol. The van der Waals surface area contributed by atoms with Crippen molar-refractivity contribution < 1.29 is 9.21 Å². The number of halogens is 1. The Morgan fingerprint density at radius 2 is 1.96 bits per heavy atom. The Morgan fingerprint density at radius 3 is 2.75 bits per heavy atom. The van der Waals surface area contributed by atoms with Crippen molar-refractivity contribution in [3.63, 3.8) is 0 Å². The van der Waals surface area contributed by atoms with Crippen LogP contribution in [0.1, 0.15) is 16.1 Å². The zero-order chi connectivity index (χ0) is 16.9. The standard InChI is InChI=1S/C18H14ClN3O2/c19-13-5-3-4-12(10-13)17-9-8-14(24-17)11-21-22-18(23)15-6-1-2-7-16(15)20/h1-11H,20H2,(H,22,23)/b21-11-. The van der Waals surface area contributed by atoms with Gasteiger partial charge in [0.05, 0.1) is 11.8 Å². The lowest BCUT2D eigenvalue weighted by Crippen LogP contribution is -2.18. The van der Waals surface area contributed by atoms with Crippen molar-refractivity contribution >= 4 is 29.4 Å². The van der Waals surface area contributed by atoms with Gasteiger partial charge in [-0.05, 0) is 36.4 Å². The molecule has 0 aliphatic rings. The molecule has 0 unspecified atom stereocenters. The number of hydrazone groups is 1. The predicted octanol–water partition coefficient (Wildman–Crippen LogP) is 3.95. The smallest absolute Gasteiger partial charge is 0.273 e. The number of hydrogen-bond acceptors (Lipinski definition) is 4. The zero-order valence-electron chi connectivity index (χ0n) is 12.6. The summed E-state index contributed by atoms with van der Waals surface area (Å²) in [6.45, 7) is 0. The summed E-state index contributed by atoms with van der Waals surface area (Å²) in [5, 5.41) is 4.51. The van der Waals surface area contributed by atoms with Crippen LogP contribution in [0, 0.1) is 0 Å². The quantitative estimate of drug-likeness (QED) is 0.429. The maximum Gasteiger partial charge on any atom is 0.273 e. The number of amides is 1. The summed E-state index contributed by atoms with van der Waals surface area (Å²) < 4.78 is 5.65. The van der Waals surface area contributed by atoms with Crippen LogP contribution in [-0.4, -0.2) is 12.1 Å². The van der Waals surface area contributed by atoms with Gasteiger partial charge in [0.1, 0.15) is 11.5 Å². The van der Waals surface area contributed by atoms with Crippen LogP contribution >= 0.6 is 11.6 Å². The number of furan rings is 1. The highest BCUT2D eigenvalue weighted by molar-refractivity contribution is 6.30. The van der Waals surface area contributed by atoms with Crippen molar-refractivity contribution in [3.05, 3.63) is 77.0 Å². The Bertz CT molecular complexity index is 903. The van der Waals surface area contributed by atoms with E-state index in [-0.39, 0.29) is 5.91 Å². The molecule has 0 atom stereocenters. The molecule has 0 aliphatic heterocycles. The molecule has 0 saturated carbocycles. The number of carbonyl (C=O) groups is 1. The molecular weight excluding hydrogens is 326 g/mol. The number of anilines is 1. The van der Waals surface area contributed by atoms with Gasteiger partial charge < -0.3 is 10.2 Å². The average Bonchev–Trinajstić information content (AvgIpc) is 3.04. The van der Waals surface area contributed by atoms with Crippen molar-refractivity contribution in [1.82, 2.24) is 5.43 Å². The summed E-state index contributed by atoms with van der Waals surface area (Å²) >= 11 is 5.97. The van der Waals surface area contributed by atoms with Gasteiger partial charge in [-0.15, -0.1) is 0 Å². The van der Waals surface area contributed by atoms with Gasteiger partial charge in [0, 0.05) is 16.3 Å². The van der Waals surface area contributed by atoms with E-state index in [9.17, 15) is 4.79 Å². The van der Waals surface area contributed by atoms with E-state index in [0.29, 0.717) is 27.8 Å². The van der Waals surface area contributed by atoms with Crippen LogP contribution in [0.2, 0.25) is 5.02 Å². The first-order chi connectivity index (χ1) is 11.6. The van der Waals surface area contributed by atoms with Crippen molar-refractivity contribution in [2.45, 2.75) is 0 Å². The topological polar surface area (TPSA) is 80.6 Å². The van der Waals surface area contributed by atoms with Crippen molar-refractivity contribution in [2.75, 3.05) is 5.73 Å². The third kappa shape index (κ3) is 3.64. The van der Waals surface area contributed by atoms with Gasteiger partial charge in [-0.1, -0.05) is 35.9 Å². The van der Waals surface area contributed by atoms with Gasteiger partial charge in [-0.3, -0.25) is 4.79 Å². The summed E-state index contributed by atoms with van der Waals surface area (Å²) in [6, 6.07) is 17.7. The van der Waals surface area contributed by atoms with Crippen LogP contribution in [0.5, 0.6) is 0 Å². The average molecular weight is 340 g/mol. The van der Waals surface area contributed by atoms with E-state index in [1.165, 1.54) is 6.21 Å². The fourth-order valence-electron chi connectivity index (χ4n) is 2.14. The second-order valence-electron chi connectivity index (χ2n) is 5.00. The molecule has 1 aromatic heterocycles. The SMILES string of the molecule is Nc1ccccc1C(=O)N/N=C\c1ccc(-c2cccc(Cl)c2)o1. The molecule has 1 heterocycles. The number of nitrogens with two attached hydrogens (primary N) is 1. The molecule has 3 rings (SSSR count). The highest BCUT2D eigenvalue weighted by atomic mass is 35.5. The molecule has 24 heavy (non-hydrogen) atoms. The molecule has 3 N–H and O–H groups in total. The van der Waals surface area contributed by atoms with Crippen LogP contribution in [0.3, 0.4) is 0 Å². The van der Waals surface area contributed by atoms with Crippen LogP contribution in [0.15, 0.2) is 70.2 Å². The highest BCUT2D eigenvalue weighted by Gasteiger charge is 2.07. The van der Waals surface area contributed by atoms with E-state index in [1.54, 1.807) is 42.5 Å². The molecule has 0 aliphatic carbocycles. The van der Waals surface area contributed by atoms with Gasteiger partial charge >= 0.3 is 0 Å². The van der Waals surface area contributed by atoms with Crippen molar-refractivity contribution in [2.24, 2.45) is 5.10 Å². The van der Waals surface area contributed by atoms with Crippen LogP contribution in [0.4, 0.5) is 5.69 Å². The van der Waals surface area contributed by atoms with Crippen LogP contribution in [0.25, 0.3) is 11.3 Å². The lowest BCUT2D eigenvalue weighted by atomic mass is 10.2. The Morgan fingerprint density at radius 1 is 1.12 bits per heavy atom. The minimum Gasteiger partial charge on any atom is -0.455 e. The third-order valence-electron chi connectivity index (χ3n) is 3.30. The van der Waals surface area contributed by atoms with Gasteiger partial charge in [0.15, 0.2) is 0 Å². The summed E-state index contributed by atoms with van der Waals surface area (Å²) in [5.41, 5.74) is 9.79. The maximum absolute atomic E-state index is 12.0. The van der Waals surface area contributed by atoms with Crippen LogP contribution in [-0.2, 0) is 0 Å². The Balaban J connectivity index is 1.68. The van der Waals surface area contributed by atoms with E-state index in [4.69, 9.17) is 21.8 Å². The number of hydrogen-bond donors (Lipinski definition) is 2. The van der Waals surface area contributed by atoms with Gasteiger partial charge in [0.2, 0.25) is 0 Å². The number of carbonyl (C=O) groups excluding carboxylic acids is 1. The summed E-state index contributed by atoms with van der Waals surface area (Å²) in [7, 11) is 0. The predicted molar refractivity (Wildman–Crippen MR) is 95.1 cm³/mol. The summed E-state index contributed by atoms with van der Waals surface area (Å²) in [4.78, 5) is 12.0. The van der Waals surface area contributed by atoms with E-state index >= 15 is 0 Å². The largest absolute Gasteiger partial charge is 0.455 e. The number of nitrogens with zero attached hydrogens (tertiary/aromatic N) is 1. The molecule has 0 bridgehead atoms. The van der Waals surface area contributed by atoms with E-state index < -0.39 is 0 Å².